The summed E-state index contributed by atoms with van der Waals surface area (Å²) in [6, 6.07) is 8.49. The normalized spacial score (nSPS) is 19.9. The average molecular weight is 446 g/mol. The van der Waals surface area contributed by atoms with Crippen LogP contribution in [0.3, 0.4) is 0 Å². The van der Waals surface area contributed by atoms with Crippen LogP contribution in [0.1, 0.15) is 42.8 Å². The molecule has 1 atom stereocenters. The number of hydrogen-bond donors (Lipinski definition) is 2. The van der Waals surface area contributed by atoms with Gasteiger partial charge in [0.2, 0.25) is 21.8 Å². The van der Waals surface area contributed by atoms with Crippen LogP contribution in [-0.4, -0.2) is 37.6 Å². The number of carbonyl (C=O) groups excluding carboxylic acids is 2. The van der Waals surface area contributed by atoms with E-state index in [9.17, 15) is 18.0 Å². The molecule has 1 aromatic heterocycles. The number of hydrogen-bond acceptors (Lipinski definition) is 5. The smallest absolute Gasteiger partial charge is 0.243 e. The van der Waals surface area contributed by atoms with Crippen molar-refractivity contribution in [1.82, 2.24) is 9.62 Å². The first kappa shape index (κ1) is 21.6. The zero-order chi connectivity index (χ0) is 22.0. The number of fused-ring (bicyclic) bond motifs is 1. The van der Waals surface area contributed by atoms with Crippen molar-refractivity contribution in [2.24, 2.45) is 5.92 Å². The lowest BCUT2D eigenvalue weighted by molar-refractivity contribution is -0.126. The van der Waals surface area contributed by atoms with Crippen LogP contribution >= 0.6 is 0 Å². The highest BCUT2D eigenvalue weighted by Gasteiger charge is 2.33. The Morgan fingerprint density at radius 1 is 1.23 bits per heavy atom. The second-order valence-electron chi connectivity index (χ2n) is 8.15. The average Bonchev–Trinajstić information content (AvgIpc) is 3.08. The lowest BCUT2D eigenvalue weighted by atomic mass is 9.99. The molecule has 166 valence electrons. The quantitative estimate of drug-likeness (QED) is 0.735. The molecule has 1 saturated heterocycles. The molecular formula is C22H27N3O5S. The molecule has 0 saturated carbocycles. The van der Waals surface area contributed by atoms with Gasteiger partial charge in [0.1, 0.15) is 11.5 Å². The number of rotatable bonds is 5. The Bertz CT molecular complexity index is 1090. The fraction of sp³-hybridized carbons (Fsp3) is 0.455. The number of benzene rings is 1. The van der Waals surface area contributed by atoms with Crippen molar-refractivity contribution in [3.63, 3.8) is 0 Å². The molecule has 2 aliphatic rings. The highest BCUT2D eigenvalue weighted by atomic mass is 32.2. The van der Waals surface area contributed by atoms with Gasteiger partial charge in [-0.25, -0.2) is 8.42 Å². The molecule has 0 bridgehead atoms. The van der Waals surface area contributed by atoms with Gasteiger partial charge in [-0.2, -0.15) is 4.31 Å². The van der Waals surface area contributed by atoms with Crippen LogP contribution in [0.2, 0.25) is 0 Å². The van der Waals surface area contributed by atoms with Crippen LogP contribution in [0.15, 0.2) is 39.6 Å². The lowest BCUT2D eigenvalue weighted by Crippen LogP contribution is -2.45. The van der Waals surface area contributed by atoms with Crippen LogP contribution in [0.25, 0.3) is 0 Å². The summed E-state index contributed by atoms with van der Waals surface area (Å²) >= 11 is 0. The predicted molar refractivity (Wildman–Crippen MR) is 115 cm³/mol. The van der Waals surface area contributed by atoms with E-state index in [1.54, 1.807) is 12.1 Å². The molecule has 31 heavy (non-hydrogen) atoms. The van der Waals surface area contributed by atoms with Crippen LogP contribution in [0, 0.1) is 12.8 Å². The highest BCUT2D eigenvalue weighted by molar-refractivity contribution is 7.89. The topological polar surface area (TPSA) is 109 Å². The van der Waals surface area contributed by atoms with Crippen molar-refractivity contribution in [3.05, 3.63) is 47.4 Å². The van der Waals surface area contributed by atoms with Crippen molar-refractivity contribution >= 4 is 27.5 Å². The minimum atomic E-state index is -3.73. The summed E-state index contributed by atoms with van der Waals surface area (Å²) in [4.78, 5) is 24.6. The van der Waals surface area contributed by atoms with E-state index >= 15 is 0 Å². The summed E-state index contributed by atoms with van der Waals surface area (Å²) in [5.74, 6) is 0.824. The van der Waals surface area contributed by atoms with Gasteiger partial charge in [0.25, 0.3) is 0 Å². The van der Waals surface area contributed by atoms with E-state index < -0.39 is 15.9 Å². The lowest BCUT2D eigenvalue weighted by Gasteiger charge is -2.31. The van der Waals surface area contributed by atoms with Crippen molar-refractivity contribution < 1.29 is 22.4 Å². The molecule has 1 fully saturated rings. The van der Waals surface area contributed by atoms with E-state index in [0.717, 1.165) is 11.3 Å². The monoisotopic (exact) mass is 445 g/mol. The van der Waals surface area contributed by atoms with Gasteiger partial charge in [-0.3, -0.25) is 9.59 Å². The van der Waals surface area contributed by atoms with E-state index in [4.69, 9.17) is 4.42 Å². The van der Waals surface area contributed by atoms with E-state index in [1.165, 1.54) is 10.4 Å². The van der Waals surface area contributed by atoms with Gasteiger partial charge in [-0.15, -0.1) is 0 Å². The second kappa shape index (κ2) is 8.84. The number of aryl methyl sites for hydroxylation is 2. The molecular weight excluding hydrogens is 418 g/mol. The van der Waals surface area contributed by atoms with Crippen molar-refractivity contribution in [2.45, 2.75) is 50.5 Å². The largest absolute Gasteiger partial charge is 0.465 e. The van der Waals surface area contributed by atoms with E-state index in [-0.39, 0.29) is 29.8 Å². The minimum absolute atomic E-state index is 0.0519. The van der Waals surface area contributed by atoms with Crippen molar-refractivity contribution in [3.8, 4) is 0 Å². The standard InChI is InChI=1S/C22H27N3O5S/c1-15-7-8-18(30-15)13-23-22(27)17-5-3-11-25(14-17)31(28,29)19-9-10-20-16(12-19)4-2-6-21(26)24-20/h7-10,12,17H,2-6,11,13-14H2,1H3,(H,23,27)(H,24,26)/t17-/m0/s1. The Labute approximate surface area is 182 Å². The molecule has 2 aromatic rings. The molecule has 0 aliphatic carbocycles. The van der Waals surface area contributed by atoms with Gasteiger partial charge in [-0.1, -0.05) is 0 Å². The van der Waals surface area contributed by atoms with Gasteiger partial charge in [0, 0.05) is 25.2 Å². The zero-order valence-corrected chi connectivity index (χ0v) is 18.3. The Morgan fingerprint density at radius 2 is 2.06 bits per heavy atom. The Kier molecular flexibility index (Phi) is 6.15. The van der Waals surface area contributed by atoms with E-state index in [2.05, 4.69) is 10.6 Å². The highest BCUT2D eigenvalue weighted by Crippen LogP contribution is 2.29. The summed E-state index contributed by atoms with van der Waals surface area (Å²) in [5, 5.41) is 5.68. The maximum atomic E-state index is 13.3. The van der Waals surface area contributed by atoms with E-state index in [0.29, 0.717) is 50.1 Å². The van der Waals surface area contributed by atoms with Crippen molar-refractivity contribution in [2.75, 3.05) is 18.4 Å². The fourth-order valence-corrected chi connectivity index (χ4v) is 5.71. The first-order valence-corrected chi connectivity index (χ1v) is 12.0. The maximum absolute atomic E-state index is 13.3. The van der Waals surface area contributed by atoms with Crippen LogP contribution in [0.5, 0.6) is 0 Å². The van der Waals surface area contributed by atoms with Crippen LogP contribution < -0.4 is 10.6 Å². The predicted octanol–water partition coefficient (Wildman–Crippen LogP) is 2.58. The number of furan rings is 1. The van der Waals surface area contributed by atoms with Gasteiger partial charge in [0.05, 0.1) is 17.4 Å². The number of anilines is 1. The Balaban J connectivity index is 1.45. The second-order valence-corrected chi connectivity index (χ2v) is 10.1. The van der Waals surface area contributed by atoms with Crippen LogP contribution in [-0.2, 0) is 32.6 Å². The summed E-state index contributed by atoms with van der Waals surface area (Å²) < 4.78 is 33.4. The fourth-order valence-electron chi connectivity index (χ4n) is 4.13. The summed E-state index contributed by atoms with van der Waals surface area (Å²) in [7, 11) is -3.73. The third kappa shape index (κ3) is 4.83. The minimum Gasteiger partial charge on any atom is -0.465 e. The number of nitrogens with zero attached hydrogens (tertiary/aromatic N) is 1. The number of nitrogens with one attached hydrogen (secondary N) is 2. The zero-order valence-electron chi connectivity index (χ0n) is 17.5. The molecule has 0 spiro atoms. The molecule has 2 N–H and O–H groups in total. The van der Waals surface area contributed by atoms with Gasteiger partial charge >= 0.3 is 0 Å². The van der Waals surface area contributed by atoms with Gasteiger partial charge < -0.3 is 15.1 Å². The maximum Gasteiger partial charge on any atom is 0.243 e. The first-order valence-electron chi connectivity index (χ1n) is 10.6. The molecule has 8 nitrogen and oxygen atoms in total. The number of amides is 2. The van der Waals surface area contributed by atoms with Crippen LogP contribution in [0.4, 0.5) is 5.69 Å². The molecule has 9 heteroatoms. The summed E-state index contributed by atoms with van der Waals surface area (Å²) in [6.45, 7) is 2.66. The third-order valence-electron chi connectivity index (χ3n) is 5.83. The molecule has 4 rings (SSSR count). The van der Waals surface area contributed by atoms with Crippen molar-refractivity contribution in [1.29, 1.82) is 0 Å². The summed E-state index contributed by atoms with van der Waals surface area (Å²) in [5.41, 5.74) is 1.50. The molecule has 2 amide bonds. The summed E-state index contributed by atoms with van der Waals surface area (Å²) in [6.07, 6.45) is 3.03. The van der Waals surface area contributed by atoms with Gasteiger partial charge in [0.15, 0.2) is 0 Å². The molecule has 0 unspecified atom stereocenters. The molecule has 0 radical (unpaired) electrons. The third-order valence-corrected chi connectivity index (χ3v) is 7.69. The Morgan fingerprint density at radius 3 is 2.84 bits per heavy atom. The Hall–Kier alpha value is -2.65. The molecule has 1 aromatic carbocycles. The number of piperidine rings is 1. The number of sulfonamides is 1. The molecule has 2 aliphatic heterocycles. The molecule has 3 heterocycles. The van der Waals surface area contributed by atoms with Gasteiger partial charge in [-0.05, 0) is 68.5 Å². The number of carbonyl (C=O) groups is 2. The SMILES string of the molecule is Cc1ccc(CNC(=O)[C@H]2CCCN(S(=O)(=O)c3ccc4c(c3)CCCC(=O)N4)C2)o1. The first-order chi connectivity index (χ1) is 14.8. The van der Waals surface area contributed by atoms with E-state index in [1.807, 2.05) is 19.1 Å².